The van der Waals surface area contributed by atoms with E-state index >= 15 is 0 Å². The second kappa shape index (κ2) is 8.28. The maximum atomic E-state index is 12.7. The van der Waals surface area contributed by atoms with Crippen LogP contribution in [-0.4, -0.2) is 61.3 Å². The Bertz CT molecular complexity index is 722. The molecular weight excluding hydrogens is 350 g/mol. The fourth-order valence-electron chi connectivity index (χ4n) is 3.64. The molecule has 8 nitrogen and oxygen atoms in total. The molecule has 27 heavy (non-hydrogen) atoms. The highest BCUT2D eigenvalue weighted by Gasteiger charge is 2.28. The van der Waals surface area contributed by atoms with Crippen LogP contribution < -0.4 is 10.2 Å². The van der Waals surface area contributed by atoms with Crippen LogP contribution in [-0.2, 0) is 9.53 Å². The number of carbonyl (C=O) groups excluding carboxylic acids is 2. The lowest BCUT2D eigenvalue weighted by atomic mass is 9.97. The highest BCUT2D eigenvalue weighted by atomic mass is 16.5. The summed E-state index contributed by atoms with van der Waals surface area (Å²) in [4.78, 5) is 39.5. The van der Waals surface area contributed by atoms with Crippen molar-refractivity contribution in [3.63, 3.8) is 0 Å². The van der Waals surface area contributed by atoms with Gasteiger partial charge in [0.1, 0.15) is 0 Å². The molecule has 0 bridgehead atoms. The highest BCUT2D eigenvalue weighted by molar-refractivity contribution is 5.97. The van der Waals surface area contributed by atoms with E-state index in [1.807, 2.05) is 6.07 Å². The van der Waals surface area contributed by atoms with Crippen LogP contribution in [0.4, 0.5) is 16.2 Å². The molecule has 146 valence electrons. The predicted octanol–water partition coefficient (Wildman–Crippen LogP) is 2.40. The lowest BCUT2D eigenvalue weighted by Gasteiger charge is -2.31. The van der Waals surface area contributed by atoms with Gasteiger partial charge in [-0.15, -0.1) is 0 Å². The van der Waals surface area contributed by atoms with E-state index in [-0.39, 0.29) is 6.03 Å². The zero-order valence-corrected chi connectivity index (χ0v) is 15.4. The Balaban J connectivity index is 1.76. The number of carbonyl (C=O) groups is 3. The SMILES string of the molecule is COC(=O)c1ccc(N2CCCC2)c(NC(=O)N2CCC(C(=O)O)CC2)c1. The van der Waals surface area contributed by atoms with Crippen molar-refractivity contribution in [1.82, 2.24) is 4.90 Å². The number of urea groups is 1. The molecule has 3 rings (SSSR count). The van der Waals surface area contributed by atoms with E-state index in [0.717, 1.165) is 31.6 Å². The number of carboxylic acids is 1. The van der Waals surface area contributed by atoms with Crippen molar-refractivity contribution >= 4 is 29.3 Å². The zero-order valence-electron chi connectivity index (χ0n) is 15.4. The fourth-order valence-corrected chi connectivity index (χ4v) is 3.64. The van der Waals surface area contributed by atoms with E-state index in [1.54, 1.807) is 17.0 Å². The summed E-state index contributed by atoms with van der Waals surface area (Å²) in [5.74, 6) is -1.66. The number of esters is 1. The van der Waals surface area contributed by atoms with Crippen molar-refractivity contribution in [3.8, 4) is 0 Å². The average molecular weight is 375 g/mol. The van der Waals surface area contributed by atoms with Crippen LogP contribution >= 0.6 is 0 Å². The number of piperidine rings is 1. The third-order valence-corrected chi connectivity index (χ3v) is 5.24. The van der Waals surface area contributed by atoms with Crippen LogP contribution in [0.1, 0.15) is 36.0 Å². The Morgan fingerprint density at radius 3 is 2.37 bits per heavy atom. The molecule has 0 atom stereocenters. The minimum atomic E-state index is -0.808. The second-order valence-electron chi connectivity index (χ2n) is 6.95. The number of ether oxygens (including phenoxy) is 1. The van der Waals surface area contributed by atoms with Crippen molar-refractivity contribution in [1.29, 1.82) is 0 Å². The molecule has 0 radical (unpaired) electrons. The van der Waals surface area contributed by atoms with E-state index in [0.29, 0.717) is 37.2 Å². The van der Waals surface area contributed by atoms with Crippen molar-refractivity contribution in [2.75, 3.05) is 43.5 Å². The molecule has 0 aromatic heterocycles. The number of aliphatic carboxylic acids is 1. The lowest BCUT2D eigenvalue weighted by molar-refractivity contribution is -0.143. The Morgan fingerprint density at radius 1 is 1.11 bits per heavy atom. The molecule has 2 fully saturated rings. The number of likely N-dealkylation sites (tertiary alicyclic amines) is 1. The van der Waals surface area contributed by atoms with Gasteiger partial charge in [-0.1, -0.05) is 0 Å². The summed E-state index contributed by atoms with van der Waals surface area (Å²) in [5, 5.41) is 12.0. The molecule has 0 aliphatic carbocycles. The average Bonchev–Trinajstić information content (AvgIpc) is 3.21. The van der Waals surface area contributed by atoms with E-state index in [2.05, 4.69) is 10.2 Å². The van der Waals surface area contributed by atoms with Crippen LogP contribution in [0.15, 0.2) is 18.2 Å². The van der Waals surface area contributed by atoms with Crippen LogP contribution in [0.3, 0.4) is 0 Å². The topological polar surface area (TPSA) is 99.2 Å². The maximum absolute atomic E-state index is 12.7. The largest absolute Gasteiger partial charge is 0.481 e. The van der Waals surface area contributed by atoms with Crippen LogP contribution in [0.5, 0.6) is 0 Å². The van der Waals surface area contributed by atoms with Gasteiger partial charge in [-0.3, -0.25) is 4.79 Å². The summed E-state index contributed by atoms with van der Waals surface area (Å²) in [5.41, 5.74) is 1.83. The number of methoxy groups -OCH3 is 1. The number of hydrogen-bond donors (Lipinski definition) is 2. The number of anilines is 2. The molecule has 2 aliphatic rings. The first-order valence-corrected chi connectivity index (χ1v) is 9.25. The maximum Gasteiger partial charge on any atom is 0.337 e. The van der Waals surface area contributed by atoms with E-state index in [1.165, 1.54) is 7.11 Å². The van der Waals surface area contributed by atoms with Crippen LogP contribution in [0.25, 0.3) is 0 Å². The first-order valence-electron chi connectivity index (χ1n) is 9.25. The minimum absolute atomic E-state index is 0.277. The Labute approximate surface area is 158 Å². The molecule has 2 saturated heterocycles. The van der Waals surface area contributed by atoms with Gasteiger partial charge in [-0.2, -0.15) is 0 Å². The van der Waals surface area contributed by atoms with Gasteiger partial charge < -0.3 is 25.0 Å². The van der Waals surface area contributed by atoms with Gasteiger partial charge in [0, 0.05) is 26.2 Å². The molecule has 2 N–H and O–H groups in total. The number of nitrogens with zero attached hydrogens (tertiary/aromatic N) is 2. The number of nitrogens with one attached hydrogen (secondary N) is 1. The molecule has 2 amide bonds. The zero-order chi connectivity index (χ0) is 19.4. The van der Waals surface area contributed by atoms with Gasteiger partial charge in [0.05, 0.1) is 30.0 Å². The third kappa shape index (κ3) is 4.32. The van der Waals surface area contributed by atoms with Gasteiger partial charge in [0.25, 0.3) is 0 Å². The van der Waals surface area contributed by atoms with Gasteiger partial charge in [-0.25, -0.2) is 9.59 Å². The Kier molecular flexibility index (Phi) is 5.83. The number of carboxylic acid groups (broad SMARTS) is 1. The summed E-state index contributed by atoms with van der Waals surface area (Å²) in [7, 11) is 1.32. The first kappa shape index (κ1) is 19.0. The van der Waals surface area contributed by atoms with Crippen molar-refractivity contribution < 1.29 is 24.2 Å². The molecule has 1 aromatic rings. The molecule has 0 unspecified atom stereocenters. The molecule has 0 saturated carbocycles. The summed E-state index contributed by atoms with van der Waals surface area (Å²) in [6.45, 7) is 2.62. The summed E-state index contributed by atoms with van der Waals surface area (Å²) >= 11 is 0. The van der Waals surface area contributed by atoms with Gasteiger partial charge in [-0.05, 0) is 43.9 Å². The summed E-state index contributed by atoms with van der Waals surface area (Å²) in [6, 6.07) is 4.90. The highest BCUT2D eigenvalue weighted by Crippen LogP contribution is 2.31. The van der Waals surface area contributed by atoms with Crippen molar-refractivity contribution in [2.24, 2.45) is 5.92 Å². The van der Waals surface area contributed by atoms with Gasteiger partial charge >= 0.3 is 18.0 Å². The van der Waals surface area contributed by atoms with Crippen molar-refractivity contribution in [3.05, 3.63) is 23.8 Å². The second-order valence-corrected chi connectivity index (χ2v) is 6.95. The summed E-state index contributed by atoms with van der Waals surface area (Å²) < 4.78 is 4.78. The van der Waals surface area contributed by atoms with E-state index in [9.17, 15) is 14.4 Å². The van der Waals surface area contributed by atoms with E-state index in [4.69, 9.17) is 9.84 Å². The molecular formula is C19H25N3O5. The number of rotatable bonds is 4. The monoisotopic (exact) mass is 375 g/mol. The van der Waals surface area contributed by atoms with Gasteiger partial charge in [0.2, 0.25) is 0 Å². The molecule has 2 heterocycles. The lowest BCUT2D eigenvalue weighted by Crippen LogP contribution is -2.42. The van der Waals surface area contributed by atoms with Crippen molar-refractivity contribution in [2.45, 2.75) is 25.7 Å². The molecule has 8 heteroatoms. The minimum Gasteiger partial charge on any atom is -0.481 e. The predicted molar refractivity (Wildman–Crippen MR) is 100 cm³/mol. The number of amides is 2. The standard InChI is InChI=1S/C19H25N3O5/c1-27-18(25)14-4-5-16(21-8-2-3-9-21)15(12-14)20-19(26)22-10-6-13(7-11-22)17(23)24/h4-5,12-13H,2-3,6-11H2,1H3,(H,20,26)(H,23,24). The quantitative estimate of drug-likeness (QED) is 0.784. The summed E-state index contributed by atoms with van der Waals surface area (Å²) in [6.07, 6.45) is 3.08. The smallest absolute Gasteiger partial charge is 0.337 e. The molecule has 2 aliphatic heterocycles. The Morgan fingerprint density at radius 2 is 1.78 bits per heavy atom. The first-order chi connectivity index (χ1) is 13.0. The van der Waals surface area contributed by atoms with Gasteiger partial charge in [0.15, 0.2) is 0 Å². The molecule has 1 aromatic carbocycles. The number of benzene rings is 1. The third-order valence-electron chi connectivity index (χ3n) is 5.24. The van der Waals surface area contributed by atoms with E-state index < -0.39 is 17.9 Å². The molecule has 0 spiro atoms. The normalized spacial score (nSPS) is 17.7. The number of hydrogen-bond acceptors (Lipinski definition) is 5. The fraction of sp³-hybridized carbons (Fsp3) is 0.526. The van der Waals surface area contributed by atoms with Crippen LogP contribution in [0, 0.1) is 5.92 Å². The van der Waals surface area contributed by atoms with Crippen LogP contribution in [0.2, 0.25) is 0 Å². The Hall–Kier alpha value is -2.77.